The summed E-state index contributed by atoms with van der Waals surface area (Å²) >= 11 is 0. The molecule has 1 aromatic heterocycles. The number of benzene rings is 2. The van der Waals surface area contributed by atoms with Gasteiger partial charge in [-0.25, -0.2) is 9.98 Å². The molecule has 0 atom stereocenters. The second-order valence-corrected chi connectivity index (χ2v) is 4.57. The lowest BCUT2D eigenvalue weighted by Crippen LogP contribution is -1.78. The van der Waals surface area contributed by atoms with Crippen molar-refractivity contribution in [3.8, 4) is 0 Å². The van der Waals surface area contributed by atoms with E-state index in [1.54, 1.807) is 0 Å². The van der Waals surface area contributed by atoms with Gasteiger partial charge in [0.1, 0.15) is 11.6 Å². The molecule has 0 fully saturated rings. The van der Waals surface area contributed by atoms with Gasteiger partial charge >= 0.3 is 0 Å². The molecule has 3 nitrogen and oxygen atoms in total. The summed E-state index contributed by atoms with van der Waals surface area (Å²) in [5.74, 6) is 1.58. The maximum Gasteiger partial charge on any atom is 0.131 e. The quantitative estimate of drug-likeness (QED) is 0.679. The highest BCUT2D eigenvalue weighted by molar-refractivity contribution is 5.82. The van der Waals surface area contributed by atoms with Gasteiger partial charge in [-0.2, -0.15) is 0 Å². The number of nitrogens with zero attached hydrogens (tertiary/aromatic N) is 2. The van der Waals surface area contributed by atoms with Crippen LogP contribution in [-0.4, -0.2) is 17.4 Å². The van der Waals surface area contributed by atoms with Gasteiger partial charge in [0, 0.05) is 12.4 Å². The molecule has 0 aliphatic carbocycles. The van der Waals surface area contributed by atoms with Gasteiger partial charge in [0.25, 0.3) is 0 Å². The van der Waals surface area contributed by atoms with Gasteiger partial charge in [0.15, 0.2) is 0 Å². The van der Waals surface area contributed by atoms with E-state index in [1.807, 2.05) is 85.2 Å². The van der Waals surface area contributed by atoms with Crippen molar-refractivity contribution in [3.63, 3.8) is 0 Å². The summed E-state index contributed by atoms with van der Waals surface area (Å²) in [6.45, 7) is 0. The first-order chi connectivity index (χ1) is 10.4. The minimum atomic E-state index is 0.791. The van der Waals surface area contributed by atoms with Crippen molar-refractivity contribution in [3.05, 3.63) is 83.9 Å². The van der Waals surface area contributed by atoms with Crippen molar-refractivity contribution in [2.45, 2.75) is 0 Å². The fourth-order valence-corrected chi connectivity index (χ4v) is 1.89. The molecule has 0 unspecified atom stereocenters. The summed E-state index contributed by atoms with van der Waals surface area (Å²) in [5, 5.41) is 0. The van der Waals surface area contributed by atoms with Crippen molar-refractivity contribution >= 4 is 24.1 Å². The highest BCUT2D eigenvalue weighted by Gasteiger charge is 1.94. The first-order valence-electron chi connectivity index (χ1n) is 6.77. The molecule has 3 aromatic rings. The molecule has 1 heterocycles. The fraction of sp³-hybridized carbons (Fsp3) is 0. The highest BCUT2D eigenvalue weighted by atomic mass is 15.0. The Balaban J connectivity index is 1.69. The van der Waals surface area contributed by atoms with Crippen LogP contribution in [0.25, 0.3) is 0 Å². The lowest BCUT2D eigenvalue weighted by Gasteiger charge is -1.91. The molecule has 21 heavy (non-hydrogen) atoms. The summed E-state index contributed by atoms with van der Waals surface area (Å²) in [6, 6.07) is 23.8. The highest BCUT2D eigenvalue weighted by Crippen LogP contribution is 2.17. The van der Waals surface area contributed by atoms with E-state index in [-0.39, 0.29) is 0 Å². The van der Waals surface area contributed by atoms with E-state index in [1.165, 1.54) is 0 Å². The Morgan fingerprint density at radius 2 is 1.00 bits per heavy atom. The summed E-state index contributed by atoms with van der Waals surface area (Å²) in [7, 11) is 0. The lowest BCUT2D eigenvalue weighted by molar-refractivity contribution is 1.30. The number of hydrogen-bond acceptors (Lipinski definition) is 2. The topological polar surface area (TPSA) is 40.5 Å². The van der Waals surface area contributed by atoms with Crippen LogP contribution >= 0.6 is 0 Å². The van der Waals surface area contributed by atoms with Crippen molar-refractivity contribution in [1.29, 1.82) is 0 Å². The third-order valence-electron chi connectivity index (χ3n) is 2.96. The Morgan fingerprint density at radius 1 is 0.571 bits per heavy atom. The number of hydrogen-bond donors (Lipinski definition) is 1. The fourth-order valence-electron chi connectivity index (χ4n) is 1.89. The molecule has 0 saturated heterocycles. The van der Waals surface area contributed by atoms with Crippen molar-refractivity contribution < 1.29 is 0 Å². The van der Waals surface area contributed by atoms with Gasteiger partial charge in [-0.1, -0.05) is 60.7 Å². The average molecular weight is 273 g/mol. The minimum Gasteiger partial charge on any atom is -0.325 e. The van der Waals surface area contributed by atoms with Crippen LogP contribution in [0.1, 0.15) is 11.1 Å². The molecule has 3 rings (SSSR count). The third-order valence-corrected chi connectivity index (χ3v) is 2.96. The Kier molecular flexibility index (Phi) is 4.03. The largest absolute Gasteiger partial charge is 0.325 e. The first kappa shape index (κ1) is 13.1. The second kappa shape index (κ2) is 6.48. The van der Waals surface area contributed by atoms with E-state index < -0.39 is 0 Å². The average Bonchev–Trinajstić information content (AvgIpc) is 3.01. The molecule has 1 N–H and O–H groups in total. The van der Waals surface area contributed by atoms with E-state index in [0.717, 1.165) is 22.8 Å². The van der Waals surface area contributed by atoms with Crippen LogP contribution < -0.4 is 0 Å². The maximum atomic E-state index is 4.40. The zero-order chi connectivity index (χ0) is 14.3. The zero-order valence-corrected chi connectivity index (χ0v) is 11.5. The molecule has 102 valence electrons. The van der Waals surface area contributed by atoms with Gasteiger partial charge in [-0.15, -0.1) is 0 Å². The summed E-state index contributed by atoms with van der Waals surface area (Å²) in [5.41, 5.74) is 2.14. The molecule has 0 aliphatic heterocycles. The Morgan fingerprint density at radius 3 is 1.43 bits per heavy atom. The predicted molar refractivity (Wildman–Crippen MR) is 88.2 cm³/mol. The van der Waals surface area contributed by atoms with Crippen LogP contribution in [0.4, 0.5) is 11.6 Å². The van der Waals surface area contributed by atoms with Crippen LogP contribution in [0.15, 0.2) is 82.8 Å². The molecule has 0 bridgehead atoms. The van der Waals surface area contributed by atoms with Crippen LogP contribution in [0.3, 0.4) is 0 Å². The summed E-state index contributed by atoms with van der Waals surface area (Å²) < 4.78 is 0. The normalized spacial score (nSPS) is 11.4. The zero-order valence-electron chi connectivity index (χ0n) is 11.5. The number of aromatic nitrogens is 1. The van der Waals surface area contributed by atoms with Gasteiger partial charge in [-0.05, 0) is 23.3 Å². The number of aliphatic imine (C=N–C) groups is 2. The minimum absolute atomic E-state index is 0.791. The molecule has 3 heteroatoms. The first-order valence-corrected chi connectivity index (χ1v) is 6.77. The van der Waals surface area contributed by atoms with Crippen LogP contribution in [0.2, 0.25) is 0 Å². The summed E-state index contributed by atoms with van der Waals surface area (Å²) in [6.07, 6.45) is 3.66. The Bertz CT molecular complexity index is 676. The molecule has 2 aromatic carbocycles. The third kappa shape index (κ3) is 3.76. The van der Waals surface area contributed by atoms with E-state index >= 15 is 0 Å². The molecular formula is C18H15N3. The molecule has 0 amide bonds. The van der Waals surface area contributed by atoms with Crippen molar-refractivity contribution in [1.82, 2.24) is 4.98 Å². The Labute approximate surface area is 123 Å². The van der Waals surface area contributed by atoms with Gasteiger partial charge in [-0.3, -0.25) is 0 Å². The molecule has 0 spiro atoms. The monoisotopic (exact) mass is 273 g/mol. The molecule has 0 aliphatic rings. The van der Waals surface area contributed by atoms with Gasteiger partial charge in [0.2, 0.25) is 0 Å². The van der Waals surface area contributed by atoms with Crippen molar-refractivity contribution in [2.75, 3.05) is 0 Å². The lowest BCUT2D eigenvalue weighted by atomic mass is 10.2. The van der Waals surface area contributed by atoms with E-state index in [0.29, 0.717) is 0 Å². The van der Waals surface area contributed by atoms with Crippen LogP contribution in [0.5, 0.6) is 0 Å². The van der Waals surface area contributed by atoms with E-state index in [9.17, 15) is 0 Å². The number of rotatable bonds is 4. The van der Waals surface area contributed by atoms with Crippen LogP contribution in [0, 0.1) is 0 Å². The van der Waals surface area contributed by atoms with Crippen molar-refractivity contribution in [2.24, 2.45) is 9.98 Å². The maximum absolute atomic E-state index is 4.40. The van der Waals surface area contributed by atoms with E-state index in [4.69, 9.17) is 0 Å². The van der Waals surface area contributed by atoms with Crippen LogP contribution in [-0.2, 0) is 0 Å². The number of H-pyrrole nitrogens is 1. The molecule has 0 saturated carbocycles. The number of nitrogens with one attached hydrogen (secondary N) is 1. The van der Waals surface area contributed by atoms with E-state index in [2.05, 4.69) is 15.0 Å². The smallest absolute Gasteiger partial charge is 0.131 e. The van der Waals surface area contributed by atoms with Gasteiger partial charge in [0.05, 0.1) is 0 Å². The second-order valence-electron chi connectivity index (χ2n) is 4.57. The Hall–Kier alpha value is -2.94. The molecule has 0 radical (unpaired) electrons. The SMILES string of the molecule is C(=N\c1ccc(/N=C/c2ccccc2)[nH]1)/c1ccccc1. The standard InChI is InChI=1S/C18H15N3/c1-3-7-15(8-4-1)13-19-17-11-12-18(21-17)20-14-16-9-5-2-6-10-16/h1-14,21H/b19-13+,20-14+. The molecular weight excluding hydrogens is 258 g/mol. The number of aromatic amines is 1. The van der Waals surface area contributed by atoms with Gasteiger partial charge < -0.3 is 4.98 Å². The summed E-state index contributed by atoms with van der Waals surface area (Å²) in [4.78, 5) is 12.0. The predicted octanol–water partition coefficient (Wildman–Crippen LogP) is 4.52.